The smallest absolute Gasteiger partial charge is 0.234 e. The third-order valence-electron chi connectivity index (χ3n) is 5.52. The Morgan fingerprint density at radius 3 is 2.42 bits per heavy atom. The zero-order valence-electron chi connectivity index (χ0n) is 17.8. The van der Waals surface area contributed by atoms with Gasteiger partial charge in [-0.25, -0.2) is 9.37 Å². The van der Waals surface area contributed by atoms with Crippen molar-refractivity contribution in [3.8, 4) is 0 Å². The number of amides is 2. The lowest BCUT2D eigenvalue weighted by Gasteiger charge is -2.31. The zero-order valence-corrected chi connectivity index (χ0v) is 19.4. The van der Waals surface area contributed by atoms with Crippen molar-refractivity contribution in [1.82, 2.24) is 15.2 Å². The molecule has 2 N–H and O–H groups in total. The Morgan fingerprint density at radius 2 is 1.84 bits per heavy atom. The van der Waals surface area contributed by atoms with Gasteiger partial charge >= 0.3 is 0 Å². The fourth-order valence-corrected chi connectivity index (χ4v) is 3.99. The highest BCUT2D eigenvalue weighted by molar-refractivity contribution is 9.10. The van der Waals surface area contributed by atoms with Crippen molar-refractivity contribution in [3.63, 3.8) is 0 Å². The lowest BCUT2D eigenvalue weighted by molar-refractivity contribution is -0.124. The molecule has 1 aromatic heterocycles. The number of benzene rings is 1. The summed E-state index contributed by atoms with van der Waals surface area (Å²) in [5.74, 6) is 0.236. The third kappa shape index (κ3) is 6.83. The summed E-state index contributed by atoms with van der Waals surface area (Å²) in [5, 5.41) is 5.94. The van der Waals surface area contributed by atoms with Crippen LogP contribution in [0, 0.1) is 17.7 Å². The number of anilines is 1. The highest BCUT2D eigenvalue weighted by Crippen LogP contribution is 2.23. The van der Waals surface area contributed by atoms with Gasteiger partial charge in [-0.3, -0.25) is 14.5 Å². The molecule has 0 bridgehead atoms. The normalized spacial score (nSPS) is 16.2. The number of carbonyl (C=O) groups excluding carboxylic acids is 2. The van der Waals surface area contributed by atoms with Crippen LogP contribution in [-0.2, 0) is 9.59 Å². The van der Waals surface area contributed by atoms with Gasteiger partial charge in [0, 0.05) is 16.6 Å². The largest absolute Gasteiger partial charge is 0.348 e. The van der Waals surface area contributed by atoms with Crippen molar-refractivity contribution in [2.75, 3.05) is 25.0 Å². The van der Waals surface area contributed by atoms with E-state index in [1.165, 1.54) is 12.1 Å². The van der Waals surface area contributed by atoms with E-state index < -0.39 is 0 Å². The minimum absolute atomic E-state index is 0.0323. The van der Waals surface area contributed by atoms with Gasteiger partial charge in [-0.1, -0.05) is 26.0 Å². The number of piperidine rings is 1. The number of nitrogens with one attached hydrogen (secondary N) is 2. The summed E-state index contributed by atoms with van der Waals surface area (Å²) in [6.07, 6.45) is 3.04. The van der Waals surface area contributed by atoms with Crippen LogP contribution in [0.25, 0.3) is 0 Å². The number of likely N-dealkylation sites (tertiary alicyclic amines) is 1. The van der Waals surface area contributed by atoms with Gasteiger partial charge in [0.05, 0.1) is 12.6 Å². The molecule has 1 aliphatic heterocycles. The van der Waals surface area contributed by atoms with Gasteiger partial charge < -0.3 is 10.6 Å². The molecule has 31 heavy (non-hydrogen) atoms. The van der Waals surface area contributed by atoms with Crippen LogP contribution < -0.4 is 10.6 Å². The molecule has 8 heteroatoms. The molecule has 2 aromatic rings. The molecule has 1 aromatic carbocycles. The van der Waals surface area contributed by atoms with Crippen LogP contribution in [0.4, 0.5) is 10.2 Å². The van der Waals surface area contributed by atoms with E-state index in [4.69, 9.17) is 0 Å². The van der Waals surface area contributed by atoms with E-state index in [0.29, 0.717) is 31.7 Å². The first kappa shape index (κ1) is 23.3. The van der Waals surface area contributed by atoms with E-state index in [-0.39, 0.29) is 42.1 Å². The topological polar surface area (TPSA) is 74.3 Å². The molecule has 2 heterocycles. The number of nitrogens with zero attached hydrogens (tertiary/aromatic N) is 2. The Kier molecular flexibility index (Phi) is 8.15. The molecule has 2 amide bonds. The second-order valence-corrected chi connectivity index (χ2v) is 9.16. The van der Waals surface area contributed by atoms with E-state index in [2.05, 4.69) is 36.4 Å². The number of aromatic nitrogens is 1. The number of hydrogen-bond donors (Lipinski definition) is 2. The lowest BCUT2D eigenvalue weighted by atomic mass is 9.95. The van der Waals surface area contributed by atoms with E-state index >= 15 is 0 Å². The predicted molar refractivity (Wildman–Crippen MR) is 122 cm³/mol. The van der Waals surface area contributed by atoms with Gasteiger partial charge in [-0.2, -0.15) is 0 Å². The van der Waals surface area contributed by atoms with E-state index in [1.54, 1.807) is 24.4 Å². The molecular weight excluding hydrogens is 463 g/mol. The molecular formula is C23H28BrFN4O2. The van der Waals surface area contributed by atoms with Crippen LogP contribution in [0.1, 0.15) is 38.3 Å². The van der Waals surface area contributed by atoms with Crippen molar-refractivity contribution in [1.29, 1.82) is 0 Å². The van der Waals surface area contributed by atoms with Crippen LogP contribution in [0.15, 0.2) is 47.1 Å². The second kappa shape index (κ2) is 10.8. The summed E-state index contributed by atoms with van der Waals surface area (Å²) in [6.45, 7) is 5.70. The molecule has 1 atom stereocenters. The maximum atomic E-state index is 13.2. The summed E-state index contributed by atoms with van der Waals surface area (Å²) in [4.78, 5) is 31.4. The molecule has 3 rings (SSSR count). The summed E-state index contributed by atoms with van der Waals surface area (Å²) >= 11 is 3.32. The van der Waals surface area contributed by atoms with Gasteiger partial charge in [0.1, 0.15) is 11.6 Å². The minimum Gasteiger partial charge on any atom is -0.348 e. The van der Waals surface area contributed by atoms with Crippen molar-refractivity contribution < 1.29 is 14.0 Å². The fourth-order valence-electron chi connectivity index (χ4n) is 3.76. The molecule has 1 aliphatic rings. The van der Waals surface area contributed by atoms with Crippen molar-refractivity contribution in [3.05, 3.63) is 58.4 Å². The number of halogens is 2. The average Bonchev–Trinajstić information content (AvgIpc) is 2.75. The summed E-state index contributed by atoms with van der Waals surface area (Å²) in [5.41, 5.74) is 0.890. The Morgan fingerprint density at radius 1 is 1.16 bits per heavy atom. The Balaban J connectivity index is 1.47. The van der Waals surface area contributed by atoms with Gasteiger partial charge in [0.25, 0.3) is 0 Å². The first-order chi connectivity index (χ1) is 14.8. The number of hydrogen-bond acceptors (Lipinski definition) is 4. The maximum Gasteiger partial charge on any atom is 0.234 e. The summed E-state index contributed by atoms with van der Waals surface area (Å²) in [6, 6.07) is 9.67. The standard InChI is InChI=1S/C23H28BrFN4O2/c1-15(2)22(16-3-6-19(25)7-4-16)28-21(30)14-29-11-9-17(10-12-29)23(31)27-20-8-5-18(24)13-26-20/h3-8,13,15,17,22H,9-12,14H2,1-2H3,(H,28,30)(H,26,27,31). The summed E-state index contributed by atoms with van der Waals surface area (Å²) in [7, 11) is 0. The van der Waals surface area contributed by atoms with E-state index in [0.717, 1.165) is 10.0 Å². The molecule has 0 spiro atoms. The van der Waals surface area contributed by atoms with Crippen LogP contribution >= 0.6 is 15.9 Å². The van der Waals surface area contributed by atoms with Crippen LogP contribution in [0.3, 0.4) is 0 Å². The molecule has 6 nitrogen and oxygen atoms in total. The fraction of sp³-hybridized carbons (Fsp3) is 0.435. The average molecular weight is 491 g/mol. The molecule has 166 valence electrons. The van der Waals surface area contributed by atoms with E-state index in [1.807, 2.05) is 19.9 Å². The highest BCUT2D eigenvalue weighted by Gasteiger charge is 2.27. The van der Waals surface area contributed by atoms with Gasteiger partial charge in [0.2, 0.25) is 11.8 Å². The Labute approximate surface area is 190 Å². The second-order valence-electron chi connectivity index (χ2n) is 8.24. The van der Waals surface area contributed by atoms with Crippen LogP contribution in [0.5, 0.6) is 0 Å². The minimum atomic E-state index is -0.291. The third-order valence-corrected chi connectivity index (χ3v) is 5.99. The Hall–Kier alpha value is -2.32. The maximum absolute atomic E-state index is 13.2. The zero-order chi connectivity index (χ0) is 22.4. The predicted octanol–water partition coefficient (Wildman–Crippen LogP) is 4.15. The van der Waals surface area contributed by atoms with Gasteiger partial charge in [-0.15, -0.1) is 0 Å². The van der Waals surface area contributed by atoms with Crippen molar-refractivity contribution >= 4 is 33.6 Å². The Bertz CT molecular complexity index is 881. The van der Waals surface area contributed by atoms with E-state index in [9.17, 15) is 14.0 Å². The van der Waals surface area contributed by atoms with Crippen molar-refractivity contribution in [2.24, 2.45) is 11.8 Å². The number of carbonyl (C=O) groups is 2. The monoisotopic (exact) mass is 490 g/mol. The molecule has 1 unspecified atom stereocenters. The molecule has 1 saturated heterocycles. The van der Waals surface area contributed by atoms with Crippen LogP contribution in [0.2, 0.25) is 0 Å². The van der Waals surface area contributed by atoms with Crippen LogP contribution in [-0.4, -0.2) is 41.3 Å². The number of pyridine rings is 1. The highest BCUT2D eigenvalue weighted by atomic mass is 79.9. The SMILES string of the molecule is CC(C)C(NC(=O)CN1CCC(C(=O)Nc2ccc(Br)cn2)CC1)c1ccc(F)cc1. The van der Waals surface area contributed by atoms with Crippen molar-refractivity contribution in [2.45, 2.75) is 32.7 Å². The molecule has 0 saturated carbocycles. The molecule has 1 fully saturated rings. The van der Waals surface area contributed by atoms with Gasteiger partial charge in [0.15, 0.2) is 0 Å². The lowest BCUT2D eigenvalue weighted by Crippen LogP contribution is -2.44. The number of rotatable bonds is 7. The first-order valence-corrected chi connectivity index (χ1v) is 11.3. The molecule has 0 aliphatic carbocycles. The first-order valence-electron chi connectivity index (χ1n) is 10.5. The van der Waals surface area contributed by atoms with Gasteiger partial charge in [-0.05, 0) is 77.6 Å². The summed E-state index contributed by atoms with van der Waals surface area (Å²) < 4.78 is 14.1. The molecule has 0 radical (unpaired) electrons. The quantitative estimate of drug-likeness (QED) is 0.611.